The summed E-state index contributed by atoms with van der Waals surface area (Å²) in [5.41, 5.74) is 3.99. The lowest BCUT2D eigenvalue weighted by molar-refractivity contribution is -0.118. The Morgan fingerprint density at radius 3 is 2.55 bits per heavy atom. The molecule has 2 N–H and O–H groups in total. The Labute approximate surface area is 198 Å². The summed E-state index contributed by atoms with van der Waals surface area (Å²) < 4.78 is 0. The molecule has 5 rings (SSSR count). The average molecular weight is 457 g/mol. The third kappa shape index (κ3) is 4.85. The number of fused-ring (bicyclic) bond motifs is 1. The van der Waals surface area contributed by atoms with E-state index in [1.807, 2.05) is 0 Å². The maximum Gasteiger partial charge on any atom is 0.233 e. The third-order valence-electron chi connectivity index (χ3n) is 6.72. The van der Waals surface area contributed by atoms with Crippen molar-refractivity contribution in [1.29, 1.82) is 0 Å². The molecule has 0 spiro atoms. The molecule has 3 aromatic carbocycles. The van der Waals surface area contributed by atoms with Crippen LogP contribution in [0.15, 0.2) is 72.1 Å². The molecule has 0 bridgehead atoms. The van der Waals surface area contributed by atoms with Gasteiger partial charge in [-0.3, -0.25) is 4.79 Å². The lowest BCUT2D eigenvalue weighted by atomic mass is 9.86. The van der Waals surface area contributed by atoms with Crippen molar-refractivity contribution in [3.63, 3.8) is 0 Å². The topological polar surface area (TPSA) is 62.2 Å². The van der Waals surface area contributed by atoms with E-state index >= 15 is 0 Å². The first-order valence-corrected chi connectivity index (χ1v) is 12.5. The predicted octanol–water partition coefficient (Wildman–Crippen LogP) is 6.76. The number of nitrogens with one attached hydrogen (secondary N) is 1. The fourth-order valence-corrected chi connectivity index (χ4v) is 5.68. The molecule has 1 amide bonds. The van der Waals surface area contributed by atoms with E-state index in [0.717, 1.165) is 17.5 Å². The molecule has 1 aliphatic rings. The van der Waals surface area contributed by atoms with E-state index in [1.165, 1.54) is 53.4 Å². The first-order chi connectivity index (χ1) is 16.2. The highest BCUT2D eigenvalue weighted by Gasteiger charge is 2.27. The zero-order chi connectivity index (χ0) is 22.6. The molecule has 168 valence electrons. The molecule has 1 atom stereocenters. The van der Waals surface area contributed by atoms with Gasteiger partial charge in [0.1, 0.15) is 0 Å². The first-order valence-electron chi connectivity index (χ1n) is 11.7. The van der Waals surface area contributed by atoms with Gasteiger partial charge >= 0.3 is 0 Å². The van der Waals surface area contributed by atoms with Crippen molar-refractivity contribution in [3.05, 3.63) is 83.4 Å². The molecule has 0 radical (unpaired) electrons. The Bertz CT molecular complexity index is 1240. The Morgan fingerprint density at radius 2 is 1.79 bits per heavy atom. The summed E-state index contributed by atoms with van der Waals surface area (Å²) in [5, 5.41) is 17.1. The fourth-order valence-electron chi connectivity index (χ4n) is 4.98. The summed E-state index contributed by atoms with van der Waals surface area (Å²) in [4.78, 5) is 17.6. The van der Waals surface area contributed by atoms with Crippen LogP contribution in [0.4, 0.5) is 5.13 Å². The van der Waals surface area contributed by atoms with Crippen molar-refractivity contribution in [3.8, 4) is 11.1 Å². The standard InChI is InChI=1S/C28H28N2O2S/c31-17-23-18-33-28(29-23)30-27(32)26(16-19-6-1-2-7-19)22-14-12-21(13-15-22)25-11-5-9-20-8-3-4-10-24(20)25/h3-5,8-15,18-19,26,31H,1-2,6-7,16-17H2,(H,29,30,32). The van der Waals surface area contributed by atoms with Crippen LogP contribution in [0.5, 0.6) is 0 Å². The second kappa shape index (κ2) is 9.86. The van der Waals surface area contributed by atoms with Gasteiger partial charge in [-0.15, -0.1) is 11.3 Å². The van der Waals surface area contributed by atoms with Gasteiger partial charge in [-0.2, -0.15) is 0 Å². The molecule has 1 aliphatic carbocycles. The summed E-state index contributed by atoms with van der Waals surface area (Å²) in [6, 6.07) is 23.3. The number of aliphatic hydroxyl groups excluding tert-OH is 1. The lowest BCUT2D eigenvalue weighted by Gasteiger charge is -2.20. The second-order valence-corrected chi connectivity index (χ2v) is 9.74. The van der Waals surface area contributed by atoms with Gasteiger partial charge < -0.3 is 10.4 Å². The van der Waals surface area contributed by atoms with Crippen LogP contribution in [0.3, 0.4) is 0 Å². The largest absolute Gasteiger partial charge is 0.390 e. The maximum atomic E-state index is 13.3. The number of thiazole rings is 1. The second-order valence-electron chi connectivity index (χ2n) is 8.88. The van der Waals surface area contributed by atoms with Gasteiger partial charge in [-0.1, -0.05) is 92.4 Å². The predicted molar refractivity (Wildman–Crippen MR) is 135 cm³/mol. The number of benzene rings is 3. The Morgan fingerprint density at radius 1 is 1.03 bits per heavy atom. The van der Waals surface area contributed by atoms with E-state index in [4.69, 9.17) is 0 Å². The molecule has 33 heavy (non-hydrogen) atoms. The van der Waals surface area contributed by atoms with Gasteiger partial charge in [0.05, 0.1) is 18.2 Å². The number of hydrogen-bond donors (Lipinski definition) is 2. The molecular formula is C28H28N2O2S. The highest BCUT2D eigenvalue weighted by Crippen LogP contribution is 2.36. The number of amides is 1. The zero-order valence-electron chi connectivity index (χ0n) is 18.5. The van der Waals surface area contributed by atoms with E-state index in [0.29, 0.717) is 16.7 Å². The normalized spacial score (nSPS) is 15.1. The van der Waals surface area contributed by atoms with Gasteiger partial charge in [0.2, 0.25) is 5.91 Å². The van der Waals surface area contributed by atoms with Crippen molar-refractivity contribution in [2.45, 2.75) is 44.6 Å². The number of aromatic nitrogens is 1. The van der Waals surface area contributed by atoms with E-state index in [9.17, 15) is 9.90 Å². The molecule has 1 aromatic heterocycles. The van der Waals surface area contributed by atoms with Crippen LogP contribution < -0.4 is 5.32 Å². The van der Waals surface area contributed by atoms with E-state index in [-0.39, 0.29) is 18.4 Å². The Balaban J connectivity index is 1.42. The summed E-state index contributed by atoms with van der Waals surface area (Å²) in [5.74, 6) is 0.359. The molecule has 4 nitrogen and oxygen atoms in total. The number of rotatable bonds is 7. The molecule has 4 aromatic rings. The molecule has 0 aliphatic heterocycles. The van der Waals surface area contributed by atoms with Gasteiger partial charge in [0.15, 0.2) is 5.13 Å². The van der Waals surface area contributed by atoms with Gasteiger partial charge in [0, 0.05) is 5.38 Å². The Kier molecular flexibility index (Phi) is 6.51. The van der Waals surface area contributed by atoms with Crippen molar-refractivity contribution in [2.75, 3.05) is 5.32 Å². The molecule has 0 saturated heterocycles. The molecule has 1 fully saturated rings. The van der Waals surface area contributed by atoms with E-state index in [2.05, 4.69) is 77.0 Å². The van der Waals surface area contributed by atoms with Gasteiger partial charge in [-0.05, 0) is 39.8 Å². The van der Waals surface area contributed by atoms with Crippen LogP contribution in [0.25, 0.3) is 21.9 Å². The van der Waals surface area contributed by atoms with E-state index in [1.54, 1.807) is 5.38 Å². The summed E-state index contributed by atoms with van der Waals surface area (Å²) in [7, 11) is 0. The van der Waals surface area contributed by atoms with Gasteiger partial charge in [0.25, 0.3) is 0 Å². The number of carbonyl (C=O) groups is 1. The number of anilines is 1. The zero-order valence-corrected chi connectivity index (χ0v) is 19.4. The fraction of sp³-hybridized carbons (Fsp3) is 0.286. The minimum atomic E-state index is -0.212. The molecule has 5 heteroatoms. The minimum absolute atomic E-state index is 0.0151. The highest BCUT2D eigenvalue weighted by atomic mass is 32.1. The van der Waals surface area contributed by atoms with Crippen LogP contribution in [-0.2, 0) is 11.4 Å². The van der Waals surface area contributed by atoms with Crippen LogP contribution >= 0.6 is 11.3 Å². The third-order valence-corrected chi connectivity index (χ3v) is 7.52. The molecule has 1 unspecified atom stereocenters. The lowest BCUT2D eigenvalue weighted by Crippen LogP contribution is -2.23. The average Bonchev–Trinajstić information content (AvgIpc) is 3.54. The summed E-state index contributed by atoms with van der Waals surface area (Å²) in [6.07, 6.45) is 5.77. The van der Waals surface area contributed by atoms with Crippen molar-refractivity contribution < 1.29 is 9.90 Å². The number of hydrogen-bond acceptors (Lipinski definition) is 4. The maximum absolute atomic E-state index is 13.3. The molecule has 1 heterocycles. The van der Waals surface area contributed by atoms with Crippen molar-refractivity contribution >= 4 is 33.1 Å². The van der Waals surface area contributed by atoms with Crippen molar-refractivity contribution in [1.82, 2.24) is 4.98 Å². The highest BCUT2D eigenvalue weighted by molar-refractivity contribution is 7.13. The first kappa shape index (κ1) is 21.8. The number of carbonyl (C=O) groups excluding carboxylic acids is 1. The Hall–Kier alpha value is -3.02. The molecular weight excluding hydrogens is 428 g/mol. The number of nitrogens with zero attached hydrogens (tertiary/aromatic N) is 1. The summed E-state index contributed by atoms with van der Waals surface area (Å²) >= 11 is 1.36. The van der Waals surface area contributed by atoms with Crippen LogP contribution in [0, 0.1) is 5.92 Å². The van der Waals surface area contributed by atoms with Crippen LogP contribution in [-0.4, -0.2) is 16.0 Å². The van der Waals surface area contributed by atoms with E-state index < -0.39 is 0 Å². The van der Waals surface area contributed by atoms with Crippen LogP contribution in [0.1, 0.15) is 49.3 Å². The van der Waals surface area contributed by atoms with Crippen LogP contribution in [0.2, 0.25) is 0 Å². The SMILES string of the molecule is O=C(Nc1nc(CO)cs1)C(CC1CCCC1)c1ccc(-c2cccc3ccccc23)cc1. The summed E-state index contributed by atoms with van der Waals surface area (Å²) in [6.45, 7) is -0.118. The number of aliphatic hydroxyl groups is 1. The quantitative estimate of drug-likeness (QED) is 0.323. The molecule has 1 saturated carbocycles. The minimum Gasteiger partial charge on any atom is -0.390 e. The van der Waals surface area contributed by atoms with Crippen molar-refractivity contribution in [2.24, 2.45) is 5.92 Å². The van der Waals surface area contributed by atoms with Gasteiger partial charge in [-0.25, -0.2) is 4.98 Å². The monoisotopic (exact) mass is 456 g/mol. The smallest absolute Gasteiger partial charge is 0.233 e.